The maximum atomic E-state index is 12.2. The molecule has 6 heteroatoms. The van der Waals surface area contributed by atoms with Crippen molar-refractivity contribution in [2.45, 2.75) is 13.3 Å². The molecule has 0 aliphatic rings. The molecule has 0 aliphatic carbocycles. The van der Waals surface area contributed by atoms with E-state index in [9.17, 15) is 9.59 Å². The number of ether oxygens (including phenoxy) is 1. The zero-order valence-corrected chi connectivity index (χ0v) is 14.9. The highest BCUT2D eigenvalue weighted by Crippen LogP contribution is 2.15. The second-order valence-electron chi connectivity index (χ2n) is 5.72. The number of nitriles is 1. The van der Waals surface area contributed by atoms with Crippen LogP contribution in [0.1, 0.15) is 18.1 Å². The maximum absolute atomic E-state index is 12.2. The molecule has 0 aromatic heterocycles. The summed E-state index contributed by atoms with van der Waals surface area (Å²) < 4.78 is 5.18. The fourth-order valence-electron chi connectivity index (χ4n) is 2.47. The highest BCUT2D eigenvalue weighted by atomic mass is 16.5. The van der Waals surface area contributed by atoms with E-state index in [1.54, 1.807) is 31.4 Å². The second kappa shape index (κ2) is 9.23. The summed E-state index contributed by atoms with van der Waals surface area (Å²) in [5.41, 5.74) is 2.14. The number of anilines is 1. The molecule has 2 aromatic rings. The first kappa shape index (κ1) is 19.0. The third-order valence-electron chi connectivity index (χ3n) is 3.86. The molecule has 0 unspecified atom stereocenters. The Morgan fingerprint density at radius 2 is 1.92 bits per heavy atom. The summed E-state index contributed by atoms with van der Waals surface area (Å²) in [4.78, 5) is 25.4. The monoisotopic (exact) mass is 351 g/mol. The van der Waals surface area contributed by atoms with Crippen molar-refractivity contribution in [2.24, 2.45) is 0 Å². The van der Waals surface area contributed by atoms with Gasteiger partial charge in [-0.2, -0.15) is 5.26 Å². The molecule has 0 heterocycles. The maximum Gasteiger partial charge on any atom is 0.240 e. The third-order valence-corrected chi connectivity index (χ3v) is 3.86. The molecule has 0 aliphatic heterocycles. The van der Waals surface area contributed by atoms with Gasteiger partial charge in [0.2, 0.25) is 11.8 Å². The molecule has 134 valence electrons. The zero-order chi connectivity index (χ0) is 18.9. The molecule has 2 amide bonds. The van der Waals surface area contributed by atoms with E-state index in [1.165, 1.54) is 11.8 Å². The van der Waals surface area contributed by atoms with Gasteiger partial charge in [0.25, 0.3) is 0 Å². The number of carbonyl (C=O) groups is 2. The molecule has 0 fully saturated rings. The van der Waals surface area contributed by atoms with Crippen molar-refractivity contribution in [1.82, 2.24) is 5.32 Å². The van der Waals surface area contributed by atoms with Crippen LogP contribution in [0.2, 0.25) is 0 Å². The van der Waals surface area contributed by atoms with Crippen molar-refractivity contribution < 1.29 is 14.3 Å². The van der Waals surface area contributed by atoms with Gasteiger partial charge in [0.15, 0.2) is 0 Å². The molecular weight excluding hydrogens is 330 g/mol. The minimum absolute atomic E-state index is 0.0701. The first-order valence-electron chi connectivity index (χ1n) is 8.21. The lowest BCUT2D eigenvalue weighted by molar-refractivity contribution is -0.123. The zero-order valence-electron chi connectivity index (χ0n) is 14.9. The molecule has 0 saturated carbocycles. The van der Waals surface area contributed by atoms with Crippen molar-refractivity contribution in [3.05, 3.63) is 59.7 Å². The van der Waals surface area contributed by atoms with Crippen LogP contribution in [0.5, 0.6) is 5.75 Å². The fraction of sp³-hybridized carbons (Fsp3) is 0.250. The minimum atomic E-state index is -0.243. The molecular formula is C20H21N3O3. The quantitative estimate of drug-likeness (QED) is 0.830. The highest BCUT2D eigenvalue weighted by Gasteiger charge is 2.15. The average Bonchev–Trinajstić information content (AvgIpc) is 2.66. The van der Waals surface area contributed by atoms with Crippen LogP contribution in [0.15, 0.2) is 48.5 Å². The summed E-state index contributed by atoms with van der Waals surface area (Å²) >= 11 is 0. The third kappa shape index (κ3) is 5.35. The Bertz CT molecular complexity index is 810. The Labute approximate surface area is 153 Å². The second-order valence-corrected chi connectivity index (χ2v) is 5.72. The van der Waals surface area contributed by atoms with Crippen LogP contribution in [0.3, 0.4) is 0 Å². The van der Waals surface area contributed by atoms with Crippen molar-refractivity contribution in [3.8, 4) is 11.8 Å². The van der Waals surface area contributed by atoms with Crippen LogP contribution >= 0.6 is 0 Å². The molecule has 0 radical (unpaired) electrons. The summed E-state index contributed by atoms with van der Waals surface area (Å²) in [6, 6.07) is 16.2. The molecule has 0 saturated heterocycles. The van der Waals surface area contributed by atoms with Gasteiger partial charge in [-0.05, 0) is 48.4 Å². The lowest BCUT2D eigenvalue weighted by Gasteiger charge is -2.20. The van der Waals surface area contributed by atoms with E-state index in [0.29, 0.717) is 24.2 Å². The number of hydrogen-bond donors (Lipinski definition) is 1. The summed E-state index contributed by atoms with van der Waals surface area (Å²) in [7, 11) is 1.61. The number of nitrogens with one attached hydrogen (secondary N) is 1. The topological polar surface area (TPSA) is 82.4 Å². The summed E-state index contributed by atoms with van der Waals surface area (Å²) in [5.74, 6) is 0.294. The molecule has 0 spiro atoms. The van der Waals surface area contributed by atoms with Crippen LogP contribution in [0.4, 0.5) is 5.69 Å². The molecule has 6 nitrogen and oxygen atoms in total. The number of rotatable bonds is 7. The van der Waals surface area contributed by atoms with E-state index in [4.69, 9.17) is 10.00 Å². The predicted molar refractivity (Wildman–Crippen MR) is 98.9 cm³/mol. The molecule has 0 bridgehead atoms. The predicted octanol–water partition coefficient (Wildman–Crippen LogP) is 2.28. The first-order valence-corrected chi connectivity index (χ1v) is 8.21. The summed E-state index contributed by atoms with van der Waals surface area (Å²) in [6.45, 7) is 1.80. The van der Waals surface area contributed by atoms with Gasteiger partial charge in [-0.25, -0.2) is 0 Å². The van der Waals surface area contributed by atoms with Crippen molar-refractivity contribution in [2.75, 3.05) is 25.1 Å². The SMILES string of the molecule is COc1cccc(CCNC(=O)CN(C(C)=O)c2ccc(C#N)cc2)c1. The lowest BCUT2D eigenvalue weighted by atomic mass is 10.1. The average molecular weight is 351 g/mol. The normalized spacial score (nSPS) is 9.88. The Kier molecular flexibility index (Phi) is 6.75. The lowest BCUT2D eigenvalue weighted by Crippen LogP contribution is -2.40. The van der Waals surface area contributed by atoms with Gasteiger partial charge >= 0.3 is 0 Å². The van der Waals surface area contributed by atoms with E-state index < -0.39 is 0 Å². The molecule has 26 heavy (non-hydrogen) atoms. The molecule has 2 aromatic carbocycles. The van der Waals surface area contributed by atoms with Gasteiger partial charge in [-0.3, -0.25) is 9.59 Å². The van der Waals surface area contributed by atoms with Crippen molar-refractivity contribution in [3.63, 3.8) is 0 Å². The highest BCUT2D eigenvalue weighted by molar-refractivity contribution is 5.97. The van der Waals surface area contributed by atoms with Crippen LogP contribution in [0, 0.1) is 11.3 Å². The van der Waals surface area contributed by atoms with Gasteiger partial charge < -0.3 is 15.0 Å². The van der Waals surface area contributed by atoms with Crippen molar-refractivity contribution in [1.29, 1.82) is 5.26 Å². The summed E-state index contributed by atoms with van der Waals surface area (Å²) in [5, 5.41) is 11.7. The van der Waals surface area contributed by atoms with E-state index in [2.05, 4.69) is 5.32 Å². The number of methoxy groups -OCH3 is 1. The summed E-state index contributed by atoms with van der Waals surface area (Å²) in [6.07, 6.45) is 0.667. The van der Waals surface area contributed by atoms with Crippen LogP contribution in [-0.2, 0) is 16.0 Å². The van der Waals surface area contributed by atoms with Crippen LogP contribution < -0.4 is 15.0 Å². The van der Waals surface area contributed by atoms with E-state index in [0.717, 1.165) is 11.3 Å². The van der Waals surface area contributed by atoms with E-state index in [1.807, 2.05) is 30.3 Å². The number of benzene rings is 2. The Balaban J connectivity index is 1.91. The van der Waals surface area contributed by atoms with Crippen LogP contribution in [0.25, 0.3) is 0 Å². The van der Waals surface area contributed by atoms with Crippen molar-refractivity contribution >= 4 is 17.5 Å². The number of amides is 2. The largest absolute Gasteiger partial charge is 0.497 e. The number of hydrogen-bond acceptors (Lipinski definition) is 4. The Hall–Kier alpha value is -3.33. The van der Waals surface area contributed by atoms with Gasteiger partial charge in [0.05, 0.1) is 18.7 Å². The van der Waals surface area contributed by atoms with Gasteiger partial charge in [0, 0.05) is 19.2 Å². The minimum Gasteiger partial charge on any atom is -0.497 e. The fourth-order valence-corrected chi connectivity index (χ4v) is 2.47. The van der Waals surface area contributed by atoms with Gasteiger partial charge in [-0.15, -0.1) is 0 Å². The smallest absolute Gasteiger partial charge is 0.240 e. The first-order chi connectivity index (χ1) is 12.5. The van der Waals surface area contributed by atoms with E-state index >= 15 is 0 Å². The van der Waals surface area contributed by atoms with E-state index in [-0.39, 0.29) is 18.4 Å². The standard InChI is InChI=1S/C20H21N3O3/c1-15(24)23(18-8-6-17(13-21)7-9-18)14-20(25)22-11-10-16-4-3-5-19(12-16)26-2/h3-9,12H,10-11,14H2,1-2H3,(H,22,25). The van der Waals surface area contributed by atoms with Gasteiger partial charge in [0.1, 0.15) is 12.3 Å². The molecule has 2 rings (SSSR count). The number of carbonyl (C=O) groups excluding carboxylic acids is 2. The van der Waals surface area contributed by atoms with Crippen LogP contribution in [-0.4, -0.2) is 32.0 Å². The molecule has 1 N–H and O–H groups in total. The number of nitrogens with zero attached hydrogens (tertiary/aromatic N) is 2. The Morgan fingerprint density at radius 1 is 1.19 bits per heavy atom. The van der Waals surface area contributed by atoms with Gasteiger partial charge in [-0.1, -0.05) is 12.1 Å². The molecule has 0 atom stereocenters. The Morgan fingerprint density at radius 3 is 2.54 bits per heavy atom.